The molecule has 6 aliphatic rings. The Balaban J connectivity index is 0.000000120. The van der Waals surface area contributed by atoms with Gasteiger partial charge in [-0.15, -0.1) is 22.1 Å². The van der Waals surface area contributed by atoms with Gasteiger partial charge >= 0.3 is 98.8 Å². The Kier molecular flexibility index (Phi) is 23.9. The van der Waals surface area contributed by atoms with Crippen molar-refractivity contribution in [1.29, 1.82) is 0 Å². The molecule has 13 aromatic carbocycles. The van der Waals surface area contributed by atoms with Crippen LogP contribution >= 0.6 is 11.8 Å². The number of benzene rings is 13. The molecule has 0 spiro atoms. The maximum absolute atomic E-state index is 11.5. The number of hydrogen-bond donors (Lipinski definition) is 0. The van der Waals surface area contributed by atoms with Crippen LogP contribution in [-0.2, 0) is 4.79 Å². The zero-order valence-corrected chi connectivity index (χ0v) is 82.4. The maximum Gasteiger partial charge on any atom is 3.00 e. The van der Waals surface area contributed by atoms with Crippen LogP contribution in [0.2, 0.25) is 0 Å². The number of aromatic nitrogens is 20. The molecule has 676 valence electrons. The Bertz CT molecular complexity index is 8780. The number of thioether (sulfide) groups is 1. The van der Waals surface area contributed by atoms with E-state index in [4.69, 9.17) is 99.7 Å². The minimum atomic E-state index is 0. The second-order valence-electron chi connectivity index (χ2n) is 34.7. The summed E-state index contributed by atoms with van der Waals surface area (Å²) in [6.07, 6.45) is 8.38. The second kappa shape index (κ2) is 38.1. The third-order valence-corrected chi connectivity index (χ3v) is 26.4. The Morgan fingerprint density at radius 3 is 0.667 bits per heavy atom. The van der Waals surface area contributed by atoms with Gasteiger partial charge in [-0.1, -0.05) is 344 Å². The molecule has 0 fully saturated rings. The maximum atomic E-state index is 11.5. The van der Waals surface area contributed by atoms with Crippen molar-refractivity contribution in [2.45, 2.75) is 25.7 Å². The van der Waals surface area contributed by atoms with Crippen molar-refractivity contribution >= 4 is 152 Å². The van der Waals surface area contributed by atoms with E-state index in [2.05, 4.69) is 159 Å². The summed E-state index contributed by atoms with van der Waals surface area (Å²) in [6, 6.07) is 116. The SMILES string of the molecule is CC(=O)Sc1ccc(C#Cc2ccc(-c3c4nc(c(-c5ccc(C)cc5)c5ccc([n-]5)c(-c5ccccc5)c5nc(c(-c6ccc(C)cc6)c6ccc3[n-]6)C=C5)C=C4)cc2)cc1.[Eu+3].[Eu+3].c1ccc2c(c1)-c1nc-2nc2[n-]c(nc3nc(nc4[n-]c(n1)c1ccccc41)-c1ccccc1-3)c1ccccc21.c1ccc2c(c1)-c1nc-2nc2[n-]c(nc3nc(nc4[n-]c(n1)c1ccccc41)-c1ccccc1-3)c1ccccc21. The largest absolute Gasteiger partial charge is 3.00 e. The van der Waals surface area contributed by atoms with Gasteiger partial charge in [0.15, 0.2) is 5.12 Å². The Morgan fingerprint density at radius 2 is 0.431 bits per heavy atom. The molecule has 0 saturated heterocycles. The molecule has 24 heteroatoms. The molecule has 0 unspecified atom stereocenters. The van der Waals surface area contributed by atoms with E-state index in [1.807, 2.05) is 237 Å². The molecule has 0 aliphatic carbocycles. The van der Waals surface area contributed by atoms with Crippen LogP contribution in [-0.4, -0.2) is 74.9 Å². The zero-order chi connectivity index (χ0) is 94.6. The van der Waals surface area contributed by atoms with Gasteiger partial charge in [0.25, 0.3) is 0 Å². The Morgan fingerprint density at radius 1 is 0.222 bits per heavy atom. The fourth-order valence-electron chi connectivity index (χ4n) is 18.9. The molecule has 24 bridgehead atoms. The molecule has 0 radical (unpaired) electrons. The predicted octanol–water partition coefficient (Wildman–Crippen LogP) is 25.5. The van der Waals surface area contributed by atoms with Gasteiger partial charge in [-0.3, -0.25) is 4.79 Å². The summed E-state index contributed by atoms with van der Waals surface area (Å²) in [7, 11) is 0. The summed E-state index contributed by atoms with van der Waals surface area (Å²) in [6.45, 7) is 5.77. The Labute approximate surface area is 908 Å². The molecular formula is C120H70Eu2N20OS. The summed E-state index contributed by atoms with van der Waals surface area (Å²) in [5, 5.41) is 7.20. The van der Waals surface area contributed by atoms with Crippen LogP contribution in [0.5, 0.6) is 0 Å². The van der Waals surface area contributed by atoms with Crippen molar-refractivity contribution < 1.29 is 104 Å². The van der Waals surface area contributed by atoms with Crippen LogP contribution in [0.15, 0.2) is 351 Å². The number of fused-ring (bicyclic) bond motifs is 48. The number of carbonyl (C=O) groups is 1. The third-order valence-electron chi connectivity index (χ3n) is 25.7. The molecule has 144 heavy (non-hydrogen) atoms. The number of rotatable bonds is 5. The van der Waals surface area contributed by atoms with E-state index in [1.54, 1.807) is 6.92 Å². The number of hydrogen-bond acceptors (Lipinski definition) is 16. The van der Waals surface area contributed by atoms with Gasteiger partial charge in [-0.2, -0.15) is 0 Å². The van der Waals surface area contributed by atoms with Crippen molar-refractivity contribution in [3.05, 3.63) is 391 Å². The first-order chi connectivity index (χ1) is 69.9. The summed E-state index contributed by atoms with van der Waals surface area (Å²) < 4.78 is 0. The number of nitrogens with zero attached hydrogens (tertiary/aromatic N) is 20. The van der Waals surface area contributed by atoms with Crippen molar-refractivity contribution in [2.75, 3.05) is 0 Å². The first-order valence-corrected chi connectivity index (χ1v) is 47.1. The molecule has 0 N–H and O–H groups in total. The van der Waals surface area contributed by atoms with E-state index < -0.39 is 0 Å². The topological polar surface area (TPSA) is 282 Å². The fraction of sp³-hybridized carbons (Fsp3) is 0.0250. The Hall–Kier alpha value is -16.1. The van der Waals surface area contributed by atoms with Crippen LogP contribution in [0.1, 0.15) is 52.0 Å². The third kappa shape index (κ3) is 16.9. The number of carbonyl (C=O) groups excluding carboxylic acids is 1. The standard InChI is InChI=1S/C56H38N4OS.2C32H16N8.2Eu/c1-35-9-19-41(20-10-35)54-47-29-27-45(57-47)53(40-7-5-4-6-8-40)46-28-30-48(58-46)55(42-21-11-36(2)12-22-42)50-32-34-52(60-50)56(51-33-31-49(54)59-51)43-23-15-38(16-24-43)13-14-39-17-25-44(26-18-39)62-37(3)61;2*1-2-10-18-17(9-1)25-33-26(18)38-28-21-13-5-6-14-22(21)30(35-28)40-32-24-16-8-7-15-23(24)31(36-32)39-29-20-12-4-3-11-19(20)27(34-29)37-25;;/h4-12,15-34H,1-3H3;2*1-16H;;/q3*-2;2*+3. The molecule has 15 heterocycles. The van der Waals surface area contributed by atoms with Crippen LogP contribution < -0.4 is 29.9 Å². The molecule has 22 aromatic rings. The van der Waals surface area contributed by atoms with E-state index in [9.17, 15) is 4.79 Å². The van der Waals surface area contributed by atoms with Gasteiger partial charge in [-0.25, -0.2) is 29.9 Å². The normalized spacial score (nSPS) is 11.7. The van der Waals surface area contributed by atoms with Crippen LogP contribution in [0.4, 0.5) is 0 Å². The summed E-state index contributed by atoms with van der Waals surface area (Å²) in [4.78, 5) is 113. The van der Waals surface area contributed by atoms with E-state index in [0.717, 1.165) is 193 Å². The molecule has 9 aromatic heterocycles. The van der Waals surface area contributed by atoms with E-state index >= 15 is 0 Å². The van der Waals surface area contributed by atoms with Gasteiger partial charge in [0.05, 0.1) is 69.4 Å². The average molecular weight is 2140 g/mol. The zero-order valence-electron chi connectivity index (χ0n) is 76.7. The van der Waals surface area contributed by atoms with Crippen LogP contribution in [0.25, 0.3) is 270 Å². The van der Waals surface area contributed by atoms with E-state index in [0.29, 0.717) is 91.8 Å². The van der Waals surface area contributed by atoms with E-state index in [1.165, 1.54) is 22.9 Å². The molecular weight excluding hydrogens is 2070 g/mol. The second-order valence-corrected chi connectivity index (χ2v) is 36.0. The average Bonchev–Trinajstić information content (AvgIpc) is 1.61. The minimum Gasteiger partial charge on any atom is -0.657 e. The summed E-state index contributed by atoms with van der Waals surface area (Å²) in [5.74, 6) is 11.0. The molecule has 21 nitrogen and oxygen atoms in total. The van der Waals surface area contributed by atoms with Gasteiger partial charge in [0.2, 0.25) is 0 Å². The minimum absolute atomic E-state index is 0. The van der Waals surface area contributed by atoms with E-state index in [-0.39, 0.29) is 104 Å². The summed E-state index contributed by atoms with van der Waals surface area (Å²) >= 11 is 1.22. The molecule has 28 rings (SSSR count). The molecule has 0 saturated carbocycles. The summed E-state index contributed by atoms with van der Waals surface area (Å²) in [5.41, 5.74) is 30.1. The monoisotopic (exact) mass is 2140 g/mol. The predicted molar refractivity (Wildman–Crippen MR) is 565 cm³/mol. The van der Waals surface area contributed by atoms with Crippen LogP contribution in [0.3, 0.4) is 0 Å². The fourth-order valence-corrected chi connectivity index (χ4v) is 19.5. The van der Waals surface area contributed by atoms with Gasteiger partial charge in [-0.05, 0) is 162 Å². The quantitative estimate of drug-likeness (QED) is 0.114. The first-order valence-electron chi connectivity index (χ1n) is 46.3. The molecule has 0 amide bonds. The number of aryl methyl sites for hydroxylation is 2. The van der Waals surface area contributed by atoms with Crippen molar-refractivity contribution in [3.8, 4) is 147 Å². The first kappa shape index (κ1) is 90.5. The van der Waals surface area contributed by atoms with Crippen molar-refractivity contribution in [2.24, 2.45) is 0 Å². The van der Waals surface area contributed by atoms with Gasteiger partial charge < -0.3 is 69.8 Å². The van der Waals surface area contributed by atoms with Crippen molar-refractivity contribution in [1.82, 2.24) is 99.7 Å². The smallest absolute Gasteiger partial charge is 0.657 e. The van der Waals surface area contributed by atoms with Gasteiger partial charge in [0.1, 0.15) is 0 Å². The van der Waals surface area contributed by atoms with Gasteiger partial charge in [0, 0.05) is 113 Å². The van der Waals surface area contributed by atoms with Crippen molar-refractivity contribution in [3.63, 3.8) is 0 Å². The molecule has 0 atom stereocenters. The van der Waals surface area contributed by atoms with Crippen LogP contribution in [0, 0.1) is 124 Å². The molecule has 6 aliphatic heterocycles.